The van der Waals surface area contributed by atoms with E-state index >= 15 is 0 Å². The molecule has 0 aliphatic carbocycles. The molecule has 0 amide bonds. The Bertz CT molecular complexity index is 711. The third-order valence-corrected chi connectivity index (χ3v) is 3.91. The molecule has 0 atom stereocenters. The van der Waals surface area contributed by atoms with E-state index in [0.717, 1.165) is 25.9 Å². The number of fused-ring (bicyclic) bond motifs is 1. The third kappa shape index (κ3) is 2.47. The first-order chi connectivity index (χ1) is 10.2. The molecule has 21 heavy (non-hydrogen) atoms. The number of rotatable bonds is 3. The lowest BCUT2D eigenvalue weighted by molar-refractivity contribution is 0.0528. The molecule has 0 spiro atoms. The number of aromatic nitrogens is 2. The molecule has 1 aliphatic rings. The van der Waals surface area contributed by atoms with Crippen LogP contribution in [0.2, 0.25) is 0 Å². The molecule has 0 radical (unpaired) electrons. The van der Waals surface area contributed by atoms with Crippen molar-refractivity contribution in [3.05, 3.63) is 34.2 Å². The second kappa shape index (κ2) is 5.73. The minimum Gasteiger partial charge on any atom is -0.462 e. The Balaban J connectivity index is 2.16. The average molecular weight is 289 g/mol. The number of nitrogens with one attached hydrogen (secondary N) is 2. The molecule has 2 aromatic rings. The third-order valence-electron chi connectivity index (χ3n) is 3.91. The van der Waals surface area contributed by atoms with Crippen LogP contribution in [0.25, 0.3) is 11.0 Å². The van der Waals surface area contributed by atoms with Gasteiger partial charge in [-0.15, -0.1) is 0 Å². The zero-order valence-corrected chi connectivity index (χ0v) is 12.0. The second-order valence-electron chi connectivity index (χ2n) is 5.20. The van der Waals surface area contributed by atoms with Gasteiger partial charge in [0.05, 0.1) is 23.2 Å². The number of benzene rings is 1. The van der Waals surface area contributed by atoms with Crippen LogP contribution in [0.4, 0.5) is 0 Å². The number of nitrogens with zero attached hydrogens (tertiary/aromatic N) is 1. The summed E-state index contributed by atoms with van der Waals surface area (Å²) >= 11 is 0. The van der Waals surface area contributed by atoms with Crippen LogP contribution in [0.15, 0.2) is 23.0 Å². The number of ether oxygens (including phenoxy) is 1. The van der Waals surface area contributed by atoms with Crippen molar-refractivity contribution in [2.75, 3.05) is 19.7 Å². The molecular weight excluding hydrogens is 270 g/mol. The zero-order valence-electron chi connectivity index (χ0n) is 12.0. The highest BCUT2D eigenvalue weighted by molar-refractivity contribution is 6.02. The lowest BCUT2D eigenvalue weighted by Gasteiger charge is -2.24. The number of aromatic amines is 1. The molecule has 6 nitrogen and oxygen atoms in total. The number of hydrogen-bond donors (Lipinski definition) is 2. The fourth-order valence-electron chi connectivity index (χ4n) is 2.97. The summed E-state index contributed by atoms with van der Waals surface area (Å²) < 4.78 is 6.83. The summed E-state index contributed by atoms with van der Waals surface area (Å²) in [6.07, 6.45) is 1.76. The molecule has 0 unspecified atom stereocenters. The van der Waals surface area contributed by atoms with Gasteiger partial charge in [0, 0.05) is 6.04 Å². The van der Waals surface area contributed by atoms with Crippen molar-refractivity contribution in [2.24, 2.45) is 0 Å². The molecule has 1 aromatic heterocycles. The van der Waals surface area contributed by atoms with E-state index in [1.807, 2.05) is 6.07 Å². The van der Waals surface area contributed by atoms with Crippen molar-refractivity contribution >= 4 is 17.0 Å². The largest absolute Gasteiger partial charge is 0.462 e. The van der Waals surface area contributed by atoms with Crippen LogP contribution >= 0.6 is 0 Å². The standard InChI is InChI=1S/C15H19N3O3/c1-2-21-14(19)11-4-3-5-12-13(11)18(15(20)17-12)10-6-8-16-9-7-10/h3-5,10,16H,2,6-9H2,1H3,(H,17,20). The molecule has 6 heteroatoms. The minimum absolute atomic E-state index is 0.114. The van der Waals surface area contributed by atoms with E-state index in [9.17, 15) is 9.59 Å². The number of carbonyl (C=O) groups is 1. The Kier molecular flexibility index (Phi) is 3.79. The number of hydrogen-bond acceptors (Lipinski definition) is 4. The van der Waals surface area contributed by atoms with Gasteiger partial charge in [-0.25, -0.2) is 9.59 Å². The van der Waals surface area contributed by atoms with Crippen LogP contribution in [0.3, 0.4) is 0 Å². The van der Waals surface area contributed by atoms with Crippen LogP contribution < -0.4 is 11.0 Å². The van der Waals surface area contributed by atoms with Crippen LogP contribution in [-0.4, -0.2) is 35.2 Å². The van der Waals surface area contributed by atoms with Crippen molar-refractivity contribution in [1.82, 2.24) is 14.9 Å². The quantitative estimate of drug-likeness (QED) is 0.838. The van der Waals surface area contributed by atoms with E-state index in [-0.39, 0.29) is 17.7 Å². The fraction of sp³-hybridized carbons (Fsp3) is 0.467. The van der Waals surface area contributed by atoms with Gasteiger partial charge in [-0.2, -0.15) is 0 Å². The summed E-state index contributed by atoms with van der Waals surface area (Å²) in [6.45, 7) is 3.85. The molecular formula is C15H19N3O3. The lowest BCUT2D eigenvalue weighted by Crippen LogP contribution is -2.33. The molecule has 0 saturated carbocycles. The lowest BCUT2D eigenvalue weighted by atomic mass is 10.1. The molecule has 1 fully saturated rings. The number of para-hydroxylation sites is 1. The van der Waals surface area contributed by atoms with E-state index in [0.29, 0.717) is 23.2 Å². The highest BCUT2D eigenvalue weighted by Gasteiger charge is 2.23. The summed E-state index contributed by atoms with van der Waals surface area (Å²) in [5.41, 5.74) is 1.64. The number of carbonyl (C=O) groups excluding carboxylic acids is 1. The SMILES string of the molecule is CCOC(=O)c1cccc2[nH]c(=O)n(C3CCNCC3)c12. The van der Waals surface area contributed by atoms with Gasteiger partial charge in [0.25, 0.3) is 0 Å². The Labute approximate surface area is 122 Å². The topological polar surface area (TPSA) is 76.1 Å². The van der Waals surface area contributed by atoms with Gasteiger partial charge < -0.3 is 15.0 Å². The summed E-state index contributed by atoms with van der Waals surface area (Å²) in [7, 11) is 0. The van der Waals surface area contributed by atoms with Gasteiger partial charge in [-0.05, 0) is 45.0 Å². The van der Waals surface area contributed by atoms with Gasteiger partial charge in [-0.3, -0.25) is 4.57 Å². The predicted molar refractivity (Wildman–Crippen MR) is 79.7 cm³/mol. The van der Waals surface area contributed by atoms with Gasteiger partial charge in [0.1, 0.15) is 0 Å². The average Bonchev–Trinajstić information content (AvgIpc) is 2.84. The smallest absolute Gasteiger partial charge is 0.340 e. The Hall–Kier alpha value is -2.08. The van der Waals surface area contributed by atoms with Crippen LogP contribution in [-0.2, 0) is 4.74 Å². The summed E-state index contributed by atoms with van der Waals surface area (Å²) in [5.74, 6) is -0.384. The fourth-order valence-corrected chi connectivity index (χ4v) is 2.97. The molecule has 1 aromatic carbocycles. The Morgan fingerprint density at radius 3 is 2.86 bits per heavy atom. The summed E-state index contributed by atoms with van der Waals surface area (Å²) in [6, 6.07) is 5.41. The maximum atomic E-state index is 12.3. The molecule has 2 N–H and O–H groups in total. The first-order valence-electron chi connectivity index (χ1n) is 7.33. The molecule has 2 heterocycles. The first kappa shape index (κ1) is 13.9. The summed E-state index contributed by atoms with van der Waals surface area (Å²) in [4.78, 5) is 27.3. The van der Waals surface area contributed by atoms with Crippen LogP contribution in [0.1, 0.15) is 36.2 Å². The Morgan fingerprint density at radius 1 is 1.38 bits per heavy atom. The van der Waals surface area contributed by atoms with Gasteiger partial charge >= 0.3 is 11.7 Å². The van der Waals surface area contributed by atoms with E-state index in [1.165, 1.54) is 0 Å². The van der Waals surface area contributed by atoms with Crippen molar-refractivity contribution in [1.29, 1.82) is 0 Å². The van der Waals surface area contributed by atoms with Crippen molar-refractivity contribution in [2.45, 2.75) is 25.8 Å². The van der Waals surface area contributed by atoms with Gasteiger partial charge in [0.15, 0.2) is 0 Å². The molecule has 1 aliphatic heterocycles. The normalized spacial score (nSPS) is 16.2. The zero-order chi connectivity index (χ0) is 14.8. The Morgan fingerprint density at radius 2 is 2.14 bits per heavy atom. The number of esters is 1. The summed E-state index contributed by atoms with van der Waals surface area (Å²) in [5, 5.41) is 3.28. The maximum Gasteiger partial charge on any atom is 0.340 e. The molecule has 3 rings (SSSR count). The van der Waals surface area contributed by atoms with E-state index < -0.39 is 0 Å². The molecule has 0 bridgehead atoms. The van der Waals surface area contributed by atoms with Crippen LogP contribution in [0, 0.1) is 0 Å². The molecule has 112 valence electrons. The van der Waals surface area contributed by atoms with Gasteiger partial charge in [-0.1, -0.05) is 6.07 Å². The van der Waals surface area contributed by atoms with Crippen molar-refractivity contribution in [3.8, 4) is 0 Å². The number of H-pyrrole nitrogens is 1. The maximum absolute atomic E-state index is 12.3. The highest BCUT2D eigenvalue weighted by atomic mass is 16.5. The molecule has 1 saturated heterocycles. The van der Waals surface area contributed by atoms with E-state index in [1.54, 1.807) is 23.6 Å². The highest BCUT2D eigenvalue weighted by Crippen LogP contribution is 2.24. The number of imidazole rings is 1. The van der Waals surface area contributed by atoms with E-state index in [2.05, 4.69) is 10.3 Å². The van der Waals surface area contributed by atoms with E-state index in [4.69, 9.17) is 4.74 Å². The first-order valence-corrected chi connectivity index (χ1v) is 7.33. The van der Waals surface area contributed by atoms with Crippen molar-refractivity contribution < 1.29 is 9.53 Å². The number of piperidine rings is 1. The van der Waals surface area contributed by atoms with Gasteiger partial charge in [0.2, 0.25) is 0 Å². The van der Waals surface area contributed by atoms with Crippen LogP contribution in [0.5, 0.6) is 0 Å². The monoisotopic (exact) mass is 289 g/mol. The predicted octanol–water partition coefficient (Wildman–Crippen LogP) is 1.43. The second-order valence-corrected chi connectivity index (χ2v) is 5.20. The minimum atomic E-state index is -0.384. The van der Waals surface area contributed by atoms with Crippen molar-refractivity contribution in [3.63, 3.8) is 0 Å².